The zero-order chi connectivity index (χ0) is 21.0. The SMILES string of the molecule is COc1ccc(C(=O)NN2CC[NH+](C)CC2)cc1S(=O)(=O)Nc1ccc(C)cc1. The number of nitrogens with zero attached hydrogens (tertiary/aromatic N) is 1. The lowest BCUT2D eigenvalue weighted by Crippen LogP contribution is -3.12. The molecule has 0 spiro atoms. The van der Waals surface area contributed by atoms with E-state index in [2.05, 4.69) is 17.2 Å². The van der Waals surface area contributed by atoms with E-state index in [9.17, 15) is 13.2 Å². The zero-order valence-corrected chi connectivity index (χ0v) is 17.7. The monoisotopic (exact) mass is 419 g/mol. The van der Waals surface area contributed by atoms with Crippen LogP contribution >= 0.6 is 0 Å². The lowest BCUT2D eigenvalue weighted by atomic mass is 10.2. The van der Waals surface area contributed by atoms with E-state index in [1.807, 2.05) is 24.1 Å². The largest absolute Gasteiger partial charge is 0.495 e. The molecule has 156 valence electrons. The Morgan fingerprint density at radius 1 is 1.10 bits per heavy atom. The normalized spacial score (nSPS) is 15.7. The molecule has 0 saturated carbocycles. The Bertz CT molecular complexity index is 968. The smallest absolute Gasteiger partial charge is 0.265 e. The molecule has 0 radical (unpaired) electrons. The van der Waals surface area contributed by atoms with Gasteiger partial charge in [-0.25, -0.2) is 13.4 Å². The third-order valence-electron chi connectivity index (χ3n) is 4.90. The number of likely N-dealkylation sites (N-methyl/N-ethyl adjacent to an activating group) is 1. The van der Waals surface area contributed by atoms with Crippen molar-refractivity contribution in [3.8, 4) is 5.75 Å². The third-order valence-corrected chi connectivity index (χ3v) is 6.30. The molecule has 0 aliphatic carbocycles. The molecular formula is C20H27N4O4S+. The predicted octanol–water partition coefficient (Wildman–Crippen LogP) is 0.280. The summed E-state index contributed by atoms with van der Waals surface area (Å²) in [6, 6.07) is 11.4. The molecule has 9 heteroatoms. The van der Waals surface area contributed by atoms with E-state index in [0.29, 0.717) is 5.69 Å². The van der Waals surface area contributed by atoms with Gasteiger partial charge in [-0.1, -0.05) is 17.7 Å². The molecule has 1 saturated heterocycles. The molecule has 3 N–H and O–H groups in total. The Morgan fingerprint density at radius 2 is 1.76 bits per heavy atom. The van der Waals surface area contributed by atoms with E-state index in [1.54, 1.807) is 18.2 Å². The van der Waals surface area contributed by atoms with Gasteiger partial charge < -0.3 is 9.64 Å². The summed E-state index contributed by atoms with van der Waals surface area (Å²) in [4.78, 5) is 14.0. The first kappa shape index (κ1) is 21.1. The van der Waals surface area contributed by atoms with Gasteiger partial charge in [0.1, 0.15) is 10.6 Å². The Morgan fingerprint density at radius 3 is 2.38 bits per heavy atom. The number of sulfonamides is 1. The summed E-state index contributed by atoms with van der Waals surface area (Å²) < 4.78 is 33.6. The molecule has 1 heterocycles. The Labute approximate surface area is 171 Å². The highest BCUT2D eigenvalue weighted by Gasteiger charge is 2.24. The van der Waals surface area contributed by atoms with Gasteiger partial charge in [0.25, 0.3) is 15.9 Å². The zero-order valence-electron chi connectivity index (χ0n) is 16.9. The molecule has 29 heavy (non-hydrogen) atoms. The van der Waals surface area contributed by atoms with E-state index in [-0.39, 0.29) is 22.1 Å². The minimum absolute atomic E-state index is 0.0870. The number of aryl methyl sites for hydroxylation is 1. The number of ether oxygens (including phenoxy) is 1. The topological polar surface area (TPSA) is 92.2 Å². The van der Waals surface area contributed by atoms with Crippen molar-refractivity contribution >= 4 is 21.6 Å². The van der Waals surface area contributed by atoms with Crippen LogP contribution in [0.3, 0.4) is 0 Å². The molecule has 1 aliphatic rings. The number of carbonyl (C=O) groups excluding carboxylic acids is 1. The second kappa shape index (κ2) is 8.81. The number of quaternary nitrogens is 1. The first-order chi connectivity index (χ1) is 13.8. The molecule has 2 aromatic rings. The number of hydrazine groups is 1. The van der Waals surface area contributed by atoms with Crippen molar-refractivity contribution in [3.63, 3.8) is 0 Å². The fraction of sp³-hybridized carbons (Fsp3) is 0.350. The maximum atomic E-state index is 12.9. The van der Waals surface area contributed by atoms with Gasteiger partial charge in [-0.3, -0.25) is 14.9 Å². The Kier molecular flexibility index (Phi) is 6.41. The van der Waals surface area contributed by atoms with Crippen LogP contribution in [0.15, 0.2) is 47.4 Å². The molecule has 3 rings (SSSR count). The summed E-state index contributed by atoms with van der Waals surface area (Å²) in [6.07, 6.45) is 0. The van der Waals surface area contributed by atoms with Crippen molar-refractivity contribution in [2.24, 2.45) is 0 Å². The van der Waals surface area contributed by atoms with Crippen molar-refractivity contribution in [3.05, 3.63) is 53.6 Å². The van der Waals surface area contributed by atoms with Crippen molar-refractivity contribution in [2.75, 3.05) is 45.1 Å². The van der Waals surface area contributed by atoms with E-state index in [4.69, 9.17) is 4.74 Å². The van der Waals surface area contributed by atoms with Crippen LogP contribution in [0.4, 0.5) is 5.69 Å². The van der Waals surface area contributed by atoms with Gasteiger partial charge in [-0.15, -0.1) is 0 Å². The lowest BCUT2D eigenvalue weighted by Gasteiger charge is -2.30. The summed E-state index contributed by atoms with van der Waals surface area (Å²) in [5.41, 5.74) is 4.56. The van der Waals surface area contributed by atoms with Crippen LogP contribution in [0.2, 0.25) is 0 Å². The number of piperazine rings is 1. The number of nitrogens with one attached hydrogen (secondary N) is 3. The maximum Gasteiger partial charge on any atom is 0.265 e. The average molecular weight is 420 g/mol. The molecule has 8 nitrogen and oxygen atoms in total. The Balaban J connectivity index is 1.82. The van der Waals surface area contributed by atoms with Crippen LogP contribution in [0.1, 0.15) is 15.9 Å². The van der Waals surface area contributed by atoms with E-state index >= 15 is 0 Å². The van der Waals surface area contributed by atoms with Gasteiger partial charge >= 0.3 is 0 Å². The fourth-order valence-electron chi connectivity index (χ4n) is 3.07. The van der Waals surface area contributed by atoms with Gasteiger partial charge in [0.05, 0.1) is 40.3 Å². The summed E-state index contributed by atoms with van der Waals surface area (Å²) in [5, 5.41) is 1.86. The van der Waals surface area contributed by atoms with Gasteiger partial charge in [0.15, 0.2) is 0 Å². The quantitative estimate of drug-likeness (QED) is 0.626. The van der Waals surface area contributed by atoms with Gasteiger partial charge in [0, 0.05) is 11.3 Å². The predicted molar refractivity (Wildman–Crippen MR) is 111 cm³/mol. The summed E-state index contributed by atoms with van der Waals surface area (Å²) in [6.45, 7) is 5.28. The van der Waals surface area contributed by atoms with E-state index < -0.39 is 10.0 Å². The highest BCUT2D eigenvalue weighted by molar-refractivity contribution is 7.92. The molecule has 1 fully saturated rings. The van der Waals surface area contributed by atoms with Crippen molar-refractivity contribution in [2.45, 2.75) is 11.8 Å². The molecule has 0 aromatic heterocycles. The number of carbonyl (C=O) groups is 1. The molecule has 0 unspecified atom stereocenters. The number of benzene rings is 2. The van der Waals surface area contributed by atoms with Crippen LogP contribution in [0.5, 0.6) is 5.75 Å². The maximum absolute atomic E-state index is 12.9. The van der Waals surface area contributed by atoms with Crippen LogP contribution in [-0.2, 0) is 10.0 Å². The minimum atomic E-state index is -3.94. The highest BCUT2D eigenvalue weighted by atomic mass is 32.2. The molecule has 0 atom stereocenters. The van der Waals surface area contributed by atoms with Gasteiger partial charge in [0.2, 0.25) is 0 Å². The molecular weight excluding hydrogens is 392 g/mol. The number of amides is 1. The highest BCUT2D eigenvalue weighted by Crippen LogP contribution is 2.27. The van der Waals surface area contributed by atoms with Gasteiger partial charge in [-0.2, -0.15) is 0 Å². The number of hydrogen-bond donors (Lipinski definition) is 3. The molecule has 1 aliphatic heterocycles. The minimum Gasteiger partial charge on any atom is -0.495 e. The van der Waals surface area contributed by atoms with Crippen LogP contribution in [-0.4, -0.2) is 59.7 Å². The number of hydrogen-bond acceptors (Lipinski definition) is 5. The second-order valence-corrected chi connectivity index (χ2v) is 8.87. The van der Waals surface area contributed by atoms with Crippen LogP contribution in [0, 0.1) is 6.92 Å². The van der Waals surface area contributed by atoms with E-state index in [0.717, 1.165) is 31.7 Å². The van der Waals surface area contributed by atoms with Crippen molar-refractivity contribution in [1.82, 2.24) is 10.4 Å². The lowest BCUT2D eigenvalue weighted by molar-refractivity contribution is -0.884. The molecule has 1 amide bonds. The number of anilines is 1. The van der Waals surface area contributed by atoms with E-state index in [1.165, 1.54) is 24.1 Å². The Hall–Kier alpha value is -2.62. The third kappa shape index (κ3) is 5.26. The van der Waals surface area contributed by atoms with Crippen LogP contribution < -0.4 is 19.8 Å². The summed E-state index contributed by atoms with van der Waals surface area (Å²) in [7, 11) is -0.430. The molecule has 2 aromatic carbocycles. The van der Waals surface area contributed by atoms with Gasteiger partial charge in [-0.05, 0) is 37.3 Å². The number of methoxy groups -OCH3 is 1. The standard InChI is InChI=1S/C20H26N4O4S/c1-15-4-7-17(8-5-15)22-29(26,27)19-14-16(6-9-18(19)28-3)20(25)21-24-12-10-23(2)11-13-24/h4-9,14,22H,10-13H2,1-3H3,(H,21,25)/p+1. The van der Waals surface area contributed by atoms with Crippen molar-refractivity contribution in [1.29, 1.82) is 0 Å². The number of rotatable bonds is 6. The van der Waals surface area contributed by atoms with Crippen LogP contribution in [0.25, 0.3) is 0 Å². The average Bonchev–Trinajstić information content (AvgIpc) is 2.70. The first-order valence-corrected chi connectivity index (χ1v) is 10.9. The van der Waals surface area contributed by atoms with Crippen molar-refractivity contribution < 1.29 is 22.8 Å². The first-order valence-electron chi connectivity index (χ1n) is 9.43. The second-order valence-electron chi connectivity index (χ2n) is 7.22. The summed E-state index contributed by atoms with van der Waals surface area (Å²) >= 11 is 0. The fourth-order valence-corrected chi connectivity index (χ4v) is 4.32. The summed E-state index contributed by atoms with van der Waals surface area (Å²) in [5.74, 6) is -0.177. The molecule has 0 bridgehead atoms.